The molecule has 2 rings (SSSR count). The molecule has 0 bridgehead atoms. The van der Waals surface area contributed by atoms with Crippen molar-refractivity contribution in [2.75, 3.05) is 0 Å². The molecule has 1 heterocycles. The molecule has 2 nitrogen and oxygen atoms in total. The van der Waals surface area contributed by atoms with Gasteiger partial charge in [0.25, 0.3) is 0 Å². The number of aryl methyl sites for hydroxylation is 2. The van der Waals surface area contributed by atoms with Crippen LogP contribution in [-0.2, 0) is 7.05 Å². The third kappa shape index (κ3) is 1.87. The van der Waals surface area contributed by atoms with Crippen molar-refractivity contribution >= 4 is 0 Å². The molecular formula is C10H18N2. The predicted octanol–water partition coefficient (Wildman–Crippen LogP) is 2.63. The third-order valence-electron chi connectivity index (χ3n) is 2.13. The lowest BCUT2D eigenvalue weighted by atomic mass is 10.3. The molecule has 0 unspecified atom stereocenters. The Balaban J connectivity index is 0.000000336. The average Bonchev–Trinajstić information content (AvgIpc) is 2.85. The molecule has 1 aromatic heterocycles. The number of nitrogens with zero attached hydrogens (tertiary/aromatic N) is 2. The lowest BCUT2D eigenvalue weighted by molar-refractivity contribution is 0.721. The van der Waals surface area contributed by atoms with Gasteiger partial charge >= 0.3 is 0 Å². The van der Waals surface area contributed by atoms with Crippen molar-refractivity contribution in [3.05, 3.63) is 17.5 Å². The van der Waals surface area contributed by atoms with Crippen LogP contribution < -0.4 is 0 Å². The Hall–Kier alpha value is -0.790. The zero-order chi connectivity index (χ0) is 9.14. The number of aromatic nitrogens is 2. The molecule has 0 atom stereocenters. The summed E-state index contributed by atoms with van der Waals surface area (Å²) in [5.41, 5.74) is 2.56. The van der Waals surface area contributed by atoms with Crippen molar-refractivity contribution in [3.8, 4) is 0 Å². The highest BCUT2D eigenvalue weighted by Crippen LogP contribution is 2.39. The fraction of sp³-hybridized carbons (Fsp3) is 0.700. The second-order valence-corrected chi connectivity index (χ2v) is 3.11. The van der Waals surface area contributed by atoms with E-state index in [0.29, 0.717) is 0 Å². The summed E-state index contributed by atoms with van der Waals surface area (Å²) in [5, 5.41) is 4.39. The second kappa shape index (κ2) is 3.74. The van der Waals surface area contributed by atoms with E-state index in [0.717, 1.165) is 5.92 Å². The van der Waals surface area contributed by atoms with Crippen molar-refractivity contribution in [2.45, 2.75) is 39.5 Å². The largest absolute Gasteiger partial charge is 0.273 e. The average molecular weight is 166 g/mol. The van der Waals surface area contributed by atoms with E-state index >= 15 is 0 Å². The van der Waals surface area contributed by atoms with Gasteiger partial charge in [-0.25, -0.2) is 0 Å². The van der Waals surface area contributed by atoms with Crippen LogP contribution in [0.5, 0.6) is 0 Å². The molecule has 0 amide bonds. The molecule has 1 fully saturated rings. The Labute approximate surface area is 74.6 Å². The van der Waals surface area contributed by atoms with Crippen molar-refractivity contribution in [3.63, 3.8) is 0 Å². The summed E-state index contributed by atoms with van der Waals surface area (Å²) in [4.78, 5) is 0. The highest BCUT2D eigenvalue weighted by molar-refractivity contribution is 5.17. The Morgan fingerprint density at radius 2 is 2.00 bits per heavy atom. The Morgan fingerprint density at radius 3 is 2.33 bits per heavy atom. The Bertz CT molecular complexity index is 227. The fourth-order valence-electron chi connectivity index (χ4n) is 1.17. The maximum Gasteiger partial charge on any atom is 0.0658 e. The monoisotopic (exact) mass is 166 g/mol. The summed E-state index contributed by atoms with van der Waals surface area (Å²) >= 11 is 0. The predicted molar refractivity (Wildman–Crippen MR) is 51.3 cm³/mol. The molecule has 1 aliphatic carbocycles. The minimum Gasteiger partial charge on any atom is -0.273 e. The standard InChI is InChI=1S/C8H12N2.C2H6/c1-6-5-8(7-3-4-7)9-10(6)2;1-2/h5,7H,3-4H2,1-2H3;1-2H3. The molecule has 1 aliphatic rings. The molecule has 0 radical (unpaired) electrons. The van der Waals surface area contributed by atoms with Crippen LogP contribution in [0.1, 0.15) is 44.0 Å². The van der Waals surface area contributed by atoms with E-state index in [1.54, 1.807) is 0 Å². The van der Waals surface area contributed by atoms with Gasteiger partial charge in [-0.15, -0.1) is 0 Å². The highest BCUT2D eigenvalue weighted by atomic mass is 15.3. The van der Waals surface area contributed by atoms with Crippen molar-refractivity contribution < 1.29 is 0 Å². The van der Waals surface area contributed by atoms with Crippen molar-refractivity contribution in [2.24, 2.45) is 7.05 Å². The SMILES string of the molecule is CC.Cc1cc(C2CC2)nn1C. The van der Waals surface area contributed by atoms with E-state index < -0.39 is 0 Å². The van der Waals surface area contributed by atoms with Crippen LogP contribution >= 0.6 is 0 Å². The second-order valence-electron chi connectivity index (χ2n) is 3.11. The van der Waals surface area contributed by atoms with Gasteiger partial charge < -0.3 is 0 Å². The molecular weight excluding hydrogens is 148 g/mol. The zero-order valence-corrected chi connectivity index (χ0v) is 8.46. The summed E-state index contributed by atoms with van der Waals surface area (Å²) in [7, 11) is 2.00. The van der Waals surface area contributed by atoms with Gasteiger partial charge in [-0.1, -0.05) is 13.8 Å². The molecule has 0 aromatic carbocycles. The number of rotatable bonds is 1. The summed E-state index contributed by atoms with van der Waals surface area (Å²) in [6.07, 6.45) is 2.69. The molecule has 12 heavy (non-hydrogen) atoms. The van der Waals surface area contributed by atoms with E-state index in [9.17, 15) is 0 Å². The van der Waals surface area contributed by atoms with Gasteiger partial charge in [0, 0.05) is 18.7 Å². The Kier molecular flexibility index (Phi) is 2.90. The molecule has 1 aromatic rings. The van der Waals surface area contributed by atoms with E-state index in [2.05, 4.69) is 18.1 Å². The lowest BCUT2D eigenvalue weighted by Crippen LogP contribution is -1.92. The molecule has 68 valence electrons. The van der Waals surface area contributed by atoms with Crippen LogP contribution in [0.2, 0.25) is 0 Å². The number of hydrogen-bond donors (Lipinski definition) is 0. The van der Waals surface area contributed by atoms with Crippen molar-refractivity contribution in [1.29, 1.82) is 0 Å². The molecule has 0 aliphatic heterocycles. The normalized spacial score (nSPS) is 15.3. The topological polar surface area (TPSA) is 17.8 Å². The molecule has 0 saturated heterocycles. The molecule has 0 N–H and O–H groups in total. The quantitative estimate of drug-likeness (QED) is 0.627. The van der Waals surface area contributed by atoms with E-state index in [1.165, 1.54) is 24.2 Å². The summed E-state index contributed by atoms with van der Waals surface area (Å²) in [6, 6.07) is 2.19. The minimum atomic E-state index is 0.792. The van der Waals surface area contributed by atoms with Crippen LogP contribution in [0.15, 0.2) is 6.07 Å². The summed E-state index contributed by atoms with van der Waals surface area (Å²) in [5.74, 6) is 0.792. The van der Waals surface area contributed by atoms with Gasteiger partial charge in [0.1, 0.15) is 0 Å². The van der Waals surface area contributed by atoms with Crippen LogP contribution in [0.25, 0.3) is 0 Å². The first-order valence-electron chi connectivity index (χ1n) is 4.78. The van der Waals surface area contributed by atoms with Crippen LogP contribution in [0.3, 0.4) is 0 Å². The van der Waals surface area contributed by atoms with Gasteiger partial charge in [0.15, 0.2) is 0 Å². The van der Waals surface area contributed by atoms with Crippen LogP contribution in [-0.4, -0.2) is 9.78 Å². The maximum absolute atomic E-state index is 4.39. The van der Waals surface area contributed by atoms with Gasteiger partial charge in [-0.3, -0.25) is 4.68 Å². The van der Waals surface area contributed by atoms with Gasteiger partial charge in [0.05, 0.1) is 5.69 Å². The van der Waals surface area contributed by atoms with Gasteiger partial charge in [-0.05, 0) is 25.8 Å². The van der Waals surface area contributed by atoms with Crippen molar-refractivity contribution in [1.82, 2.24) is 9.78 Å². The van der Waals surface area contributed by atoms with Crippen LogP contribution in [0.4, 0.5) is 0 Å². The van der Waals surface area contributed by atoms with Gasteiger partial charge in [0.2, 0.25) is 0 Å². The zero-order valence-electron chi connectivity index (χ0n) is 8.46. The molecule has 2 heteroatoms. The highest BCUT2D eigenvalue weighted by Gasteiger charge is 2.26. The fourth-order valence-corrected chi connectivity index (χ4v) is 1.17. The van der Waals surface area contributed by atoms with E-state index in [4.69, 9.17) is 0 Å². The molecule has 0 spiro atoms. The Morgan fingerprint density at radius 1 is 1.42 bits per heavy atom. The first-order valence-corrected chi connectivity index (χ1v) is 4.78. The summed E-state index contributed by atoms with van der Waals surface area (Å²) in [6.45, 7) is 6.10. The maximum atomic E-state index is 4.39. The van der Waals surface area contributed by atoms with E-state index in [1.807, 2.05) is 25.6 Å². The number of hydrogen-bond acceptors (Lipinski definition) is 1. The van der Waals surface area contributed by atoms with Crippen LogP contribution in [0, 0.1) is 6.92 Å². The van der Waals surface area contributed by atoms with E-state index in [-0.39, 0.29) is 0 Å². The third-order valence-corrected chi connectivity index (χ3v) is 2.13. The minimum absolute atomic E-state index is 0.792. The lowest BCUT2D eigenvalue weighted by Gasteiger charge is -1.88. The van der Waals surface area contributed by atoms with Gasteiger partial charge in [-0.2, -0.15) is 5.10 Å². The first kappa shape index (κ1) is 9.30. The first-order chi connectivity index (χ1) is 5.77. The smallest absolute Gasteiger partial charge is 0.0658 e. The molecule has 1 saturated carbocycles. The summed E-state index contributed by atoms with van der Waals surface area (Å²) < 4.78 is 1.95.